The van der Waals surface area contributed by atoms with E-state index in [4.69, 9.17) is 16.7 Å². The Balaban J connectivity index is 2.47. The van der Waals surface area contributed by atoms with Crippen LogP contribution in [-0.4, -0.2) is 11.1 Å². The van der Waals surface area contributed by atoms with Gasteiger partial charge in [-0.25, -0.2) is 4.79 Å². The quantitative estimate of drug-likeness (QED) is 0.842. The van der Waals surface area contributed by atoms with Gasteiger partial charge in [-0.15, -0.1) is 11.3 Å². The molecule has 0 atom stereocenters. The molecule has 0 saturated heterocycles. The normalized spacial score (nSPS) is 16.4. The van der Waals surface area contributed by atoms with Gasteiger partial charge in [0.05, 0.1) is 0 Å². The lowest BCUT2D eigenvalue weighted by atomic mass is 10.1. The van der Waals surface area contributed by atoms with E-state index in [0.29, 0.717) is 16.3 Å². The molecule has 0 spiro atoms. The number of carboxylic acid groups (broad SMARTS) is 1. The monoisotopic (exact) mass is 228 g/mol. The van der Waals surface area contributed by atoms with Crippen LogP contribution >= 0.6 is 22.9 Å². The average Bonchev–Trinajstić information content (AvgIpc) is 2.70. The molecule has 0 bridgehead atoms. The molecule has 0 amide bonds. The first kappa shape index (κ1) is 9.74. The second kappa shape index (κ2) is 3.75. The number of hydrogen-bond acceptors (Lipinski definition) is 2. The Labute approximate surface area is 90.8 Å². The Morgan fingerprint density at radius 2 is 2.29 bits per heavy atom. The highest BCUT2D eigenvalue weighted by Crippen LogP contribution is 2.39. The van der Waals surface area contributed by atoms with Gasteiger partial charge in [-0.2, -0.15) is 0 Å². The first-order valence-corrected chi connectivity index (χ1v) is 5.64. The largest absolute Gasteiger partial charge is 0.478 e. The lowest BCUT2D eigenvalue weighted by Crippen LogP contribution is -1.99. The van der Waals surface area contributed by atoms with E-state index in [9.17, 15) is 4.79 Å². The molecule has 1 N–H and O–H groups in total. The SMILES string of the molecule is O=C(O)C1=C(c2ccsc2Cl)CCC1. The lowest BCUT2D eigenvalue weighted by molar-refractivity contribution is -0.132. The van der Waals surface area contributed by atoms with Crippen LogP contribution in [0.5, 0.6) is 0 Å². The maximum atomic E-state index is 10.9. The highest BCUT2D eigenvalue weighted by molar-refractivity contribution is 7.14. The Hall–Kier alpha value is -0.800. The highest BCUT2D eigenvalue weighted by Gasteiger charge is 2.22. The van der Waals surface area contributed by atoms with Crippen LogP contribution in [0, 0.1) is 0 Å². The van der Waals surface area contributed by atoms with E-state index in [2.05, 4.69) is 0 Å². The third-order valence-corrected chi connectivity index (χ3v) is 3.59. The first-order chi connectivity index (χ1) is 6.70. The minimum atomic E-state index is -0.806. The second-order valence-electron chi connectivity index (χ2n) is 3.22. The molecule has 0 fully saturated rings. The number of hydrogen-bond donors (Lipinski definition) is 1. The highest BCUT2D eigenvalue weighted by atomic mass is 35.5. The van der Waals surface area contributed by atoms with E-state index in [1.165, 1.54) is 11.3 Å². The molecule has 4 heteroatoms. The Morgan fingerprint density at radius 3 is 2.86 bits per heavy atom. The fourth-order valence-electron chi connectivity index (χ4n) is 1.79. The molecule has 1 aliphatic carbocycles. The number of thiophene rings is 1. The number of aliphatic carboxylic acids is 1. The predicted molar refractivity (Wildman–Crippen MR) is 57.7 cm³/mol. The third kappa shape index (κ3) is 1.57. The Kier molecular flexibility index (Phi) is 2.61. The number of carbonyl (C=O) groups is 1. The van der Waals surface area contributed by atoms with Gasteiger partial charge in [-0.3, -0.25) is 0 Å². The summed E-state index contributed by atoms with van der Waals surface area (Å²) in [5.74, 6) is -0.806. The van der Waals surface area contributed by atoms with Crippen molar-refractivity contribution in [1.29, 1.82) is 0 Å². The summed E-state index contributed by atoms with van der Waals surface area (Å²) in [4.78, 5) is 10.9. The zero-order valence-electron chi connectivity index (χ0n) is 7.42. The van der Waals surface area contributed by atoms with Gasteiger partial charge >= 0.3 is 5.97 Å². The van der Waals surface area contributed by atoms with Crippen molar-refractivity contribution < 1.29 is 9.90 Å². The number of rotatable bonds is 2. The number of allylic oxidation sites excluding steroid dienone is 1. The summed E-state index contributed by atoms with van der Waals surface area (Å²) in [6, 6.07) is 1.90. The van der Waals surface area contributed by atoms with Crippen LogP contribution in [0.1, 0.15) is 24.8 Å². The molecular formula is C10H9ClO2S. The lowest BCUT2D eigenvalue weighted by Gasteiger charge is -2.01. The van der Waals surface area contributed by atoms with Gasteiger partial charge in [-0.1, -0.05) is 11.6 Å². The van der Waals surface area contributed by atoms with Crippen molar-refractivity contribution in [2.75, 3.05) is 0 Å². The summed E-state index contributed by atoms with van der Waals surface area (Å²) in [7, 11) is 0. The van der Waals surface area contributed by atoms with Gasteiger partial charge in [0, 0.05) is 11.1 Å². The van der Waals surface area contributed by atoms with Gasteiger partial charge in [0.2, 0.25) is 0 Å². The average molecular weight is 229 g/mol. The molecule has 2 nitrogen and oxygen atoms in total. The Morgan fingerprint density at radius 1 is 1.50 bits per heavy atom. The Bertz CT molecular complexity index is 406. The molecule has 1 aromatic rings. The van der Waals surface area contributed by atoms with Crippen LogP contribution < -0.4 is 0 Å². The topological polar surface area (TPSA) is 37.3 Å². The van der Waals surface area contributed by atoms with Gasteiger partial charge in [0.25, 0.3) is 0 Å². The summed E-state index contributed by atoms with van der Waals surface area (Å²) in [6.07, 6.45) is 2.41. The van der Waals surface area contributed by atoms with Crippen LogP contribution in [0.25, 0.3) is 5.57 Å². The van der Waals surface area contributed by atoms with Crippen LogP contribution in [0.2, 0.25) is 4.34 Å². The van der Waals surface area contributed by atoms with Crippen molar-refractivity contribution in [2.24, 2.45) is 0 Å². The summed E-state index contributed by atoms with van der Waals surface area (Å²) >= 11 is 7.42. The van der Waals surface area contributed by atoms with Crippen LogP contribution in [-0.2, 0) is 4.79 Å². The van der Waals surface area contributed by atoms with Crippen molar-refractivity contribution in [2.45, 2.75) is 19.3 Å². The molecule has 14 heavy (non-hydrogen) atoms. The minimum Gasteiger partial charge on any atom is -0.478 e. The van der Waals surface area contributed by atoms with Crippen molar-refractivity contribution in [3.05, 3.63) is 26.9 Å². The molecule has 0 saturated carbocycles. The molecule has 0 aliphatic heterocycles. The van der Waals surface area contributed by atoms with Crippen LogP contribution in [0.15, 0.2) is 17.0 Å². The van der Waals surface area contributed by atoms with E-state index in [-0.39, 0.29) is 0 Å². The molecule has 0 unspecified atom stereocenters. The second-order valence-corrected chi connectivity index (χ2v) is 4.74. The maximum Gasteiger partial charge on any atom is 0.331 e. The number of halogens is 1. The minimum absolute atomic E-state index is 0.533. The van der Waals surface area contributed by atoms with E-state index in [1.807, 2.05) is 11.4 Å². The summed E-state index contributed by atoms with van der Waals surface area (Å²) < 4.78 is 0.695. The zero-order valence-corrected chi connectivity index (χ0v) is 8.99. The molecular weight excluding hydrogens is 220 g/mol. The van der Waals surface area contributed by atoms with Gasteiger partial charge in [0.1, 0.15) is 4.34 Å². The number of carboxylic acids is 1. The first-order valence-electron chi connectivity index (χ1n) is 4.39. The van der Waals surface area contributed by atoms with Gasteiger partial charge < -0.3 is 5.11 Å². The van der Waals surface area contributed by atoms with Crippen molar-refractivity contribution >= 4 is 34.5 Å². The fraction of sp³-hybridized carbons (Fsp3) is 0.300. The van der Waals surface area contributed by atoms with E-state index >= 15 is 0 Å². The van der Waals surface area contributed by atoms with Crippen LogP contribution in [0.3, 0.4) is 0 Å². The fourth-order valence-corrected chi connectivity index (χ4v) is 2.76. The molecule has 2 rings (SSSR count). The molecule has 0 radical (unpaired) electrons. The predicted octanol–water partition coefficient (Wildman–Crippen LogP) is 3.42. The van der Waals surface area contributed by atoms with Crippen molar-refractivity contribution in [3.63, 3.8) is 0 Å². The van der Waals surface area contributed by atoms with Crippen molar-refractivity contribution in [1.82, 2.24) is 0 Å². The molecule has 0 aromatic carbocycles. The summed E-state index contributed by atoms with van der Waals surface area (Å²) in [6.45, 7) is 0. The van der Waals surface area contributed by atoms with E-state index in [0.717, 1.165) is 24.0 Å². The van der Waals surface area contributed by atoms with E-state index < -0.39 is 5.97 Å². The zero-order chi connectivity index (χ0) is 10.1. The molecule has 1 heterocycles. The maximum absolute atomic E-state index is 10.9. The van der Waals surface area contributed by atoms with Crippen LogP contribution in [0.4, 0.5) is 0 Å². The van der Waals surface area contributed by atoms with Crippen molar-refractivity contribution in [3.8, 4) is 0 Å². The molecule has 1 aromatic heterocycles. The molecule has 74 valence electrons. The smallest absolute Gasteiger partial charge is 0.331 e. The van der Waals surface area contributed by atoms with Gasteiger partial charge in [0.15, 0.2) is 0 Å². The summed E-state index contributed by atoms with van der Waals surface area (Å²) in [5.41, 5.74) is 2.36. The third-order valence-electron chi connectivity index (χ3n) is 2.42. The van der Waals surface area contributed by atoms with E-state index in [1.54, 1.807) is 0 Å². The van der Waals surface area contributed by atoms with Gasteiger partial charge in [-0.05, 0) is 36.3 Å². The molecule has 1 aliphatic rings. The summed E-state index contributed by atoms with van der Waals surface area (Å²) in [5, 5.41) is 10.9. The standard InChI is InChI=1S/C10H9ClO2S/c11-9-7(4-5-14-9)6-2-1-3-8(6)10(12)13/h4-5H,1-3H2,(H,12,13).